The highest BCUT2D eigenvalue weighted by atomic mass is 28.4. The van der Waals surface area contributed by atoms with Gasteiger partial charge in [0.25, 0.3) is 0 Å². The second kappa shape index (κ2) is 7.79. The van der Waals surface area contributed by atoms with Gasteiger partial charge in [0.2, 0.25) is 0 Å². The Balaban J connectivity index is 1.96. The lowest BCUT2D eigenvalue weighted by atomic mass is 9.95. The van der Waals surface area contributed by atoms with Crippen LogP contribution in [0.4, 0.5) is 0 Å². The van der Waals surface area contributed by atoms with Crippen LogP contribution in [0.5, 0.6) is 0 Å². The maximum absolute atomic E-state index is 2.74. The van der Waals surface area contributed by atoms with E-state index in [4.69, 9.17) is 0 Å². The van der Waals surface area contributed by atoms with Crippen LogP contribution in [0, 0.1) is 11.8 Å². The summed E-state index contributed by atoms with van der Waals surface area (Å²) in [6.45, 7) is 21.4. The fraction of sp³-hybridized carbons (Fsp3) is 0.467. The molecule has 0 N–H and O–H groups in total. The summed E-state index contributed by atoms with van der Waals surface area (Å²) in [6, 6.07) is 26.1. The van der Waals surface area contributed by atoms with E-state index in [9.17, 15) is 0 Å². The standard InChI is InChI=1S/C30H42Si3/c1-21-19-33-20-22(2)24(4)32(7,8)30(33)28(26-17-13-10-14-18-26)27(25-15-11-9-12-16-25)29(33)31(5,6)23(21)3/h9-18,21-24H,19-20H2,1-8H3/t21-,22-,23-,24-,33?/m0/s1. The van der Waals surface area contributed by atoms with Crippen molar-refractivity contribution in [2.75, 3.05) is 0 Å². The molecule has 4 atom stereocenters. The lowest BCUT2D eigenvalue weighted by molar-refractivity contribution is 0.558. The molecule has 0 aromatic heterocycles. The Morgan fingerprint density at radius 3 is 1.21 bits per heavy atom. The van der Waals surface area contributed by atoms with Crippen LogP contribution < -0.4 is 0 Å². The normalized spacial score (nSPS) is 31.9. The van der Waals surface area contributed by atoms with Gasteiger partial charge >= 0.3 is 0 Å². The average molecular weight is 487 g/mol. The summed E-state index contributed by atoms with van der Waals surface area (Å²) in [5, 5.41) is 0. The van der Waals surface area contributed by atoms with E-state index < -0.39 is 24.2 Å². The molecule has 0 amide bonds. The molecule has 2 fully saturated rings. The lowest BCUT2D eigenvalue weighted by Crippen LogP contribution is -2.64. The van der Waals surface area contributed by atoms with Gasteiger partial charge in [-0.25, -0.2) is 0 Å². The van der Waals surface area contributed by atoms with Crippen LogP contribution in [0.2, 0.25) is 49.4 Å². The minimum Gasteiger partial charge on any atom is -0.0779 e. The topological polar surface area (TPSA) is 0 Å². The van der Waals surface area contributed by atoms with Crippen molar-refractivity contribution in [3.05, 3.63) is 81.4 Å². The lowest BCUT2D eigenvalue weighted by Gasteiger charge is -2.58. The Labute approximate surface area is 205 Å². The Bertz CT molecular complexity index is 1030. The first-order valence-electron chi connectivity index (χ1n) is 13.1. The molecule has 0 aliphatic carbocycles. The monoisotopic (exact) mass is 486 g/mol. The summed E-state index contributed by atoms with van der Waals surface area (Å²) in [4.78, 5) is 4.11. The molecule has 0 radical (unpaired) electrons. The van der Waals surface area contributed by atoms with Gasteiger partial charge in [-0.1, -0.05) is 124 Å². The first-order chi connectivity index (χ1) is 15.5. The van der Waals surface area contributed by atoms with Gasteiger partial charge in [-0.05, 0) is 57.3 Å². The number of benzene rings is 2. The zero-order chi connectivity index (χ0) is 23.8. The molecule has 2 aromatic carbocycles. The predicted octanol–water partition coefficient (Wildman–Crippen LogP) is 9.01. The van der Waals surface area contributed by atoms with Crippen LogP contribution in [0.15, 0.2) is 70.3 Å². The highest BCUT2D eigenvalue weighted by Gasteiger charge is 2.65. The molecule has 3 heteroatoms. The summed E-state index contributed by atoms with van der Waals surface area (Å²) in [7, 11) is -4.99. The Kier molecular flexibility index (Phi) is 5.51. The molecule has 5 rings (SSSR count). The smallest absolute Gasteiger partial charge is 0.0779 e. The van der Waals surface area contributed by atoms with Gasteiger partial charge < -0.3 is 0 Å². The molecule has 3 heterocycles. The number of hydrogen-bond acceptors (Lipinski definition) is 0. The third-order valence-corrected chi connectivity index (χ3v) is 31.0. The maximum atomic E-state index is 2.74. The molecule has 0 unspecified atom stereocenters. The van der Waals surface area contributed by atoms with Gasteiger partial charge in [0.15, 0.2) is 0 Å². The first kappa shape index (κ1) is 23.3. The van der Waals surface area contributed by atoms with Crippen molar-refractivity contribution in [1.29, 1.82) is 0 Å². The minimum atomic E-state index is -1.76. The molecule has 0 saturated carbocycles. The summed E-state index contributed by atoms with van der Waals surface area (Å²) >= 11 is 0. The zero-order valence-corrected chi connectivity index (χ0v) is 25.0. The van der Waals surface area contributed by atoms with Crippen molar-refractivity contribution in [2.24, 2.45) is 11.8 Å². The van der Waals surface area contributed by atoms with E-state index in [0.717, 1.165) is 22.9 Å². The predicted molar refractivity (Wildman–Crippen MR) is 154 cm³/mol. The van der Waals surface area contributed by atoms with E-state index in [2.05, 4.69) is 124 Å². The van der Waals surface area contributed by atoms with E-state index >= 15 is 0 Å². The molecule has 174 valence electrons. The van der Waals surface area contributed by atoms with Gasteiger partial charge in [0.1, 0.15) is 8.07 Å². The van der Waals surface area contributed by atoms with Crippen molar-refractivity contribution in [2.45, 2.75) is 77.1 Å². The molecular formula is C30H42Si3. The van der Waals surface area contributed by atoms with Crippen LogP contribution in [0.1, 0.15) is 38.8 Å². The molecule has 33 heavy (non-hydrogen) atoms. The molecule has 2 aromatic rings. The SMILES string of the molecule is C[C@H]1C[Si]23C[C@H](C)[C@H](C)[Si](C)(C)C2=C(c2ccccc2)C(c2ccccc2)=C3[Si](C)(C)[C@H]1C. The zero-order valence-electron chi connectivity index (χ0n) is 22.0. The van der Waals surface area contributed by atoms with Crippen LogP contribution in [0.3, 0.4) is 0 Å². The van der Waals surface area contributed by atoms with Gasteiger partial charge in [0.05, 0.1) is 16.1 Å². The first-order valence-corrected chi connectivity index (χ1v) is 21.7. The van der Waals surface area contributed by atoms with Crippen molar-refractivity contribution in [3.63, 3.8) is 0 Å². The number of hydrogen-bond donors (Lipinski definition) is 0. The van der Waals surface area contributed by atoms with Crippen LogP contribution in [-0.4, -0.2) is 24.2 Å². The van der Waals surface area contributed by atoms with E-state index in [1.165, 1.54) is 23.2 Å². The van der Waals surface area contributed by atoms with Crippen LogP contribution in [-0.2, 0) is 0 Å². The average Bonchev–Trinajstić information content (AvgIpc) is 3.10. The van der Waals surface area contributed by atoms with E-state index in [1.54, 1.807) is 11.1 Å². The maximum Gasteiger partial charge on any atom is 0.102 e. The van der Waals surface area contributed by atoms with Crippen molar-refractivity contribution >= 4 is 35.4 Å². The van der Waals surface area contributed by atoms with Gasteiger partial charge in [-0.15, -0.1) is 0 Å². The quantitative estimate of drug-likeness (QED) is 0.371. The van der Waals surface area contributed by atoms with E-state index in [-0.39, 0.29) is 0 Å². The van der Waals surface area contributed by atoms with Crippen molar-refractivity contribution in [1.82, 2.24) is 0 Å². The van der Waals surface area contributed by atoms with E-state index in [1.807, 2.05) is 0 Å². The molecule has 3 aliphatic rings. The molecular weight excluding hydrogens is 445 g/mol. The molecule has 0 bridgehead atoms. The summed E-state index contributed by atoms with van der Waals surface area (Å²) in [5.74, 6) is 1.71. The van der Waals surface area contributed by atoms with Crippen LogP contribution >= 0.6 is 0 Å². The third-order valence-electron chi connectivity index (χ3n) is 10.4. The van der Waals surface area contributed by atoms with Crippen molar-refractivity contribution in [3.8, 4) is 0 Å². The highest BCUT2D eigenvalue weighted by Crippen LogP contribution is 2.67. The minimum absolute atomic E-state index is 0.847. The van der Waals surface area contributed by atoms with Gasteiger partial charge in [-0.2, -0.15) is 0 Å². The highest BCUT2D eigenvalue weighted by molar-refractivity contribution is 7.22. The van der Waals surface area contributed by atoms with Crippen molar-refractivity contribution < 1.29 is 0 Å². The summed E-state index contributed by atoms with van der Waals surface area (Å²) in [5.41, 5.74) is 8.10. The van der Waals surface area contributed by atoms with Crippen LogP contribution in [0.25, 0.3) is 11.1 Å². The summed E-state index contributed by atoms with van der Waals surface area (Å²) < 4.78 is 0. The Morgan fingerprint density at radius 2 is 0.879 bits per heavy atom. The molecule has 0 nitrogen and oxygen atoms in total. The fourth-order valence-electron chi connectivity index (χ4n) is 8.34. The molecule has 3 aliphatic heterocycles. The second-order valence-corrected chi connectivity index (χ2v) is 27.4. The third kappa shape index (κ3) is 3.18. The molecule has 1 spiro atoms. The molecule has 2 saturated heterocycles. The number of rotatable bonds is 2. The second-order valence-electron chi connectivity index (χ2n) is 12.7. The van der Waals surface area contributed by atoms with Gasteiger partial charge in [-0.3, -0.25) is 0 Å². The Hall–Kier alpha value is -1.43. The van der Waals surface area contributed by atoms with E-state index in [0.29, 0.717) is 0 Å². The largest absolute Gasteiger partial charge is 0.102 e. The number of allylic oxidation sites excluding steroid dienone is 2. The fourth-order valence-corrected chi connectivity index (χ4v) is 33.8. The summed E-state index contributed by atoms with van der Waals surface area (Å²) in [6.07, 6.45) is 0. The Morgan fingerprint density at radius 1 is 0.545 bits per heavy atom. The van der Waals surface area contributed by atoms with Gasteiger partial charge in [0, 0.05) is 0 Å².